The maximum absolute atomic E-state index is 13.4. The number of ether oxygens (including phenoxy) is 2. The van der Waals surface area contributed by atoms with Gasteiger partial charge in [0.15, 0.2) is 0 Å². The number of amides is 6. The molecule has 0 bridgehead atoms. The van der Waals surface area contributed by atoms with Crippen LogP contribution in [-0.4, -0.2) is 120 Å². The van der Waals surface area contributed by atoms with Crippen molar-refractivity contribution in [3.8, 4) is 11.8 Å². The van der Waals surface area contributed by atoms with Crippen molar-refractivity contribution in [3.05, 3.63) is 59.7 Å². The van der Waals surface area contributed by atoms with Gasteiger partial charge >= 0.3 is 12.2 Å². The minimum absolute atomic E-state index is 0.325. The third-order valence-electron chi connectivity index (χ3n) is 8.82. The fourth-order valence-electron chi connectivity index (χ4n) is 6.17. The summed E-state index contributed by atoms with van der Waals surface area (Å²) in [5, 5.41) is 11.0. The average Bonchev–Trinajstić information content (AvgIpc) is 3.88. The molecule has 6 amide bonds. The van der Waals surface area contributed by atoms with Crippen molar-refractivity contribution in [1.82, 2.24) is 20.4 Å². The van der Waals surface area contributed by atoms with E-state index in [0.717, 1.165) is 11.5 Å². The Bertz CT molecular complexity index is 1610. The van der Waals surface area contributed by atoms with Crippen molar-refractivity contribution in [2.45, 2.75) is 63.7 Å². The number of alkyl carbamates (subject to hydrolysis) is 2. The lowest BCUT2D eigenvalue weighted by Crippen LogP contribution is -2.53. The number of carbonyl (C=O) groups excluding carboxylic acids is 6. The minimum atomic E-state index is -0.813. The molecule has 54 heavy (non-hydrogen) atoms. The third-order valence-corrected chi connectivity index (χ3v) is 10.8. The van der Waals surface area contributed by atoms with Crippen LogP contribution in [0.25, 0.3) is 0 Å². The van der Waals surface area contributed by atoms with Gasteiger partial charge in [-0.1, -0.05) is 37.8 Å². The number of rotatable bonds is 14. The summed E-state index contributed by atoms with van der Waals surface area (Å²) in [5.74, 6) is 7.16. The molecule has 2 heterocycles. The molecule has 2 aromatic rings. The molecule has 2 aromatic carbocycles. The van der Waals surface area contributed by atoms with Gasteiger partial charge in [-0.15, -0.1) is 0 Å². The molecular weight excluding hydrogens is 733 g/mol. The summed E-state index contributed by atoms with van der Waals surface area (Å²) in [6.07, 6.45) is 0.903. The van der Waals surface area contributed by atoms with Crippen LogP contribution in [0.3, 0.4) is 0 Å². The second kappa shape index (κ2) is 21.1. The van der Waals surface area contributed by atoms with E-state index in [1.54, 1.807) is 48.5 Å². The number of carbonyl (C=O) groups is 6. The van der Waals surface area contributed by atoms with E-state index in [-0.39, 0.29) is 23.6 Å². The summed E-state index contributed by atoms with van der Waals surface area (Å²) < 4.78 is 9.40. The normalized spacial score (nSPS) is 17.3. The predicted molar refractivity (Wildman–Crippen MR) is 210 cm³/mol. The smallest absolute Gasteiger partial charge is 0.407 e. The van der Waals surface area contributed by atoms with Crippen LogP contribution in [0.2, 0.25) is 0 Å². The zero-order valence-electron chi connectivity index (χ0n) is 31.0. The Morgan fingerprint density at radius 2 is 1.11 bits per heavy atom. The molecule has 2 aliphatic rings. The Labute approximate surface area is 324 Å². The van der Waals surface area contributed by atoms with Crippen LogP contribution >= 0.6 is 23.5 Å². The van der Waals surface area contributed by atoms with Crippen LogP contribution < -0.4 is 21.3 Å². The Balaban J connectivity index is 1.39. The van der Waals surface area contributed by atoms with Gasteiger partial charge in [0.25, 0.3) is 0 Å². The molecule has 290 valence electrons. The number of thioether (sulfide) groups is 2. The molecule has 2 aliphatic heterocycles. The number of anilines is 2. The highest BCUT2D eigenvalue weighted by Crippen LogP contribution is 2.23. The summed E-state index contributed by atoms with van der Waals surface area (Å²) in [5.41, 5.74) is 2.31. The number of hydrogen-bond donors (Lipinski definition) is 4. The van der Waals surface area contributed by atoms with Crippen LogP contribution in [0.4, 0.5) is 21.0 Å². The molecule has 2 saturated heterocycles. The molecule has 14 nitrogen and oxygen atoms in total. The monoisotopic (exact) mass is 780 g/mol. The Hall–Kier alpha value is -4.88. The number of likely N-dealkylation sites (tertiary alicyclic amines) is 2. The van der Waals surface area contributed by atoms with Gasteiger partial charge in [0, 0.05) is 47.1 Å². The van der Waals surface area contributed by atoms with Crippen LogP contribution in [0, 0.1) is 11.8 Å². The molecule has 4 rings (SSSR count). The van der Waals surface area contributed by atoms with Gasteiger partial charge in [0.2, 0.25) is 23.6 Å². The van der Waals surface area contributed by atoms with Gasteiger partial charge in [-0.05, 0) is 73.6 Å². The van der Waals surface area contributed by atoms with E-state index >= 15 is 0 Å². The summed E-state index contributed by atoms with van der Waals surface area (Å²) in [6.45, 7) is 4.73. The first-order chi connectivity index (χ1) is 26.1. The standard InChI is InChI=1S/C38H48N6O8S2/c1-5-53-23-29(41-37(49)51-3)35(47)43-19-9-15-31(43)33(45)39-27-13-7-11-25(21-27)17-18-26-12-8-14-28(22-26)40-34(46)32-16-10-20-44(32)36(48)30(24-54-6-2)42-38(50)52-4/h7-8,11-14,21-22,29-32H,5-6,9-10,15-16,19-20,23-24H2,1-4H3,(H,39,45)(H,40,46)(H,41,49)(H,42,50)/t29-,30-,31+,32+/m1/s1. The third kappa shape index (κ3) is 11.8. The van der Waals surface area contributed by atoms with E-state index < -0.39 is 36.4 Å². The van der Waals surface area contributed by atoms with Gasteiger partial charge in [-0.2, -0.15) is 23.5 Å². The van der Waals surface area contributed by atoms with Crippen LogP contribution in [0.5, 0.6) is 0 Å². The Morgan fingerprint density at radius 3 is 1.48 bits per heavy atom. The van der Waals surface area contributed by atoms with Crippen molar-refractivity contribution in [2.75, 3.05) is 61.0 Å². The average molecular weight is 781 g/mol. The van der Waals surface area contributed by atoms with E-state index in [9.17, 15) is 28.8 Å². The first-order valence-corrected chi connectivity index (χ1v) is 20.2. The molecule has 0 spiro atoms. The summed E-state index contributed by atoms with van der Waals surface area (Å²) in [7, 11) is 2.47. The van der Waals surface area contributed by atoms with Gasteiger partial charge in [0.05, 0.1) is 14.2 Å². The molecule has 4 N–H and O–H groups in total. The first-order valence-electron chi connectivity index (χ1n) is 17.9. The van der Waals surface area contributed by atoms with Gasteiger partial charge in [-0.3, -0.25) is 19.2 Å². The molecule has 0 unspecified atom stereocenters. The number of nitrogens with zero attached hydrogens (tertiary/aromatic N) is 2. The van der Waals surface area contributed by atoms with Crippen molar-refractivity contribution < 1.29 is 38.2 Å². The lowest BCUT2D eigenvalue weighted by atomic mass is 10.1. The molecule has 2 fully saturated rings. The Kier molecular flexibility index (Phi) is 16.4. The van der Waals surface area contributed by atoms with E-state index in [1.165, 1.54) is 47.5 Å². The predicted octanol–water partition coefficient (Wildman–Crippen LogP) is 3.90. The second-order valence-electron chi connectivity index (χ2n) is 12.5. The number of nitrogens with one attached hydrogen (secondary N) is 4. The molecule has 0 saturated carbocycles. The zero-order valence-corrected chi connectivity index (χ0v) is 32.6. The molecule has 4 atom stereocenters. The van der Waals surface area contributed by atoms with Gasteiger partial charge in [0.1, 0.15) is 24.2 Å². The van der Waals surface area contributed by atoms with Gasteiger partial charge in [-0.25, -0.2) is 9.59 Å². The van der Waals surface area contributed by atoms with Crippen molar-refractivity contribution in [3.63, 3.8) is 0 Å². The van der Waals surface area contributed by atoms with Crippen molar-refractivity contribution in [2.24, 2.45) is 0 Å². The maximum Gasteiger partial charge on any atom is 0.407 e. The summed E-state index contributed by atoms with van der Waals surface area (Å²) in [6, 6.07) is 11.1. The zero-order chi connectivity index (χ0) is 39.0. The fraction of sp³-hybridized carbons (Fsp3) is 0.474. The number of hydrogen-bond acceptors (Lipinski definition) is 10. The van der Waals surface area contributed by atoms with Crippen LogP contribution in [0.15, 0.2) is 48.5 Å². The quantitative estimate of drug-likeness (QED) is 0.206. The molecule has 0 aromatic heterocycles. The van der Waals surface area contributed by atoms with E-state index in [1.807, 2.05) is 13.8 Å². The largest absolute Gasteiger partial charge is 0.453 e. The van der Waals surface area contributed by atoms with E-state index in [0.29, 0.717) is 72.8 Å². The molecular formula is C38H48N6O8S2. The van der Waals surface area contributed by atoms with Crippen molar-refractivity contribution in [1.29, 1.82) is 0 Å². The van der Waals surface area contributed by atoms with Crippen molar-refractivity contribution >= 4 is 70.7 Å². The highest BCUT2D eigenvalue weighted by molar-refractivity contribution is 7.99. The fourth-order valence-corrected chi connectivity index (χ4v) is 7.57. The lowest BCUT2D eigenvalue weighted by molar-refractivity contribution is -0.137. The second-order valence-corrected chi connectivity index (χ2v) is 15.1. The number of methoxy groups -OCH3 is 2. The lowest BCUT2D eigenvalue weighted by Gasteiger charge is -2.28. The van der Waals surface area contributed by atoms with E-state index in [2.05, 4.69) is 33.1 Å². The topological polar surface area (TPSA) is 175 Å². The maximum atomic E-state index is 13.4. The summed E-state index contributed by atoms with van der Waals surface area (Å²) >= 11 is 3.02. The molecule has 0 radical (unpaired) electrons. The summed E-state index contributed by atoms with van der Waals surface area (Å²) in [4.78, 5) is 80.5. The highest BCUT2D eigenvalue weighted by Gasteiger charge is 2.39. The van der Waals surface area contributed by atoms with Gasteiger partial charge < -0.3 is 40.5 Å². The SMILES string of the molecule is CCSC[C@@H](NC(=O)OC)C(=O)N1CCC[C@H]1C(=O)Nc1cccc(C#Cc2cccc(NC(=O)[C@@H]3CCCN3C(=O)[C@@H](CSCC)NC(=O)OC)c2)c1. The number of benzene rings is 2. The molecule has 16 heteroatoms. The van der Waals surface area contributed by atoms with Crippen LogP contribution in [-0.2, 0) is 28.7 Å². The highest BCUT2D eigenvalue weighted by atomic mass is 32.2. The molecule has 0 aliphatic carbocycles. The van der Waals surface area contributed by atoms with Crippen LogP contribution in [0.1, 0.15) is 50.7 Å². The van der Waals surface area contributed by atoms with E-state index in [4.69, 9.17) is 9.47 Å². The Morgan fingerprint density at radius 1 is 0.704 bits per heavy atom. The first kappa shape index (κ1) is 41.9. The minimum Gasteiger partial charge on any atom is -0.453 e.